The molecule has 5 heteroatoms. The number of anilines is 2. The third kappa shape index (κ3) is 2.73. The molecule has 0 bridgehead atoms. The van der Waals surface area contributed by atoms with Gasteiger partial charge in [-0.1, -0.05) is 0 Å². The van der Waals surface area contributed by atoms with E-state index >= 15 is 0 Å². The van der Waals surface area contributed by atoms with Crippen LogP contribution in [0.1, 0.15) is 12.5 Å². The molecule has 5 nitrogen and oxygen atoms in total. The zero-order valence-corrected chi connectivity index (χ0v) is 9.10. The van der Waals surface area contributed by atoms with Crippen LogP contribution in [0.3, 0.4) is 0 Å². The Morgan fingerprint density at radius 1 is 1.31 bits per heavy atom. The van der Waals surface area contributed by atoms with Crippen LogP contribution in [0.15, 0.2) is 35.3 Å². The predicted octanol–water partition coefficient (Wildman–Crippen LogP) is 2.11. The molecule has 0 aromatic carbocycles. The molecule has 0 aliphatic carbocycles. The van der Waals surface area contributed by atoms with Crippen LogP contribution in [0.2, 0.25) is 0 Å². The van der Waals surface area contributed by atoms with Crippen LogP contribution >= 0.6 is 0 Å². The molecule has 0 saturated carbocycles. The van der Waals surface area contributed by atoms with Gasteiger partial charge in [0.2, 0.25) is 5.95 Å². The van der Waals surface area contributed by atoms with Crippen molar-refractivity contribution in [3.63, 3.8) is 0 Å². The fourth-order valence-corrected chi connectivity index (χ4v) is 1.29. The number of rotatable bonds is 5. The SMILES string of the molecule is CCNc1nccc(NCc2ccoc2)n1. The van der Waals surface area contributed by atoms with Crippen LogP contribution in [0.4, 0.5) is 11.8 Å². The van der Waals surface area contributed by atoms with Crippen LogP contribution in [0.5, 0.6) is 0 Å². The van der Waals surface area contributed by atoms with Crippen molar-refractivity contribution in [1.82, 2.24) is 9.97 Å². The van der Waals surface area contributed by atoms with E-state index in [4.69, 9.17) is 4.42 Å². The van der Waals surface area contributed by atoms with Crippen LogP contribution in [0.25, 0.3) is 0 Å². The molecule has 0 atom stereocenters. The molecule has 2 aromatic heterocycles. The average molecular weight is 218 g/mol. The number of nitrogens with one attached hydrogen (secondary N) is 2. The fourth-order valence-electron chi connectivity index (χ4n) is 1.29. The zero-order chi connectivity index (χ0) is 11.2. The molecule has 0 radical (unpaired) electrons. The Hall–Kier alpha value is -2.04. The van der Waals surface area contributed by atoms with E-state index in [0.29, 0.717) is 12.5 Å². The van der Waals surface area contributed by atoms with E-state index in [1.54, 1.807) is 18.7 Å². The minimum absolute atomic E-state index is 0.639. The fraction of sp³-hybridized carbons (Fsp3) is 0.273. The molecule has 16 heavy (non-hydrogen) atoms. The normalized spacial score (nSPS) is 10.1. The van der Waals surface area contributed by atoms with Gasteiger partial charge in [0.1, 0.15) is 5.82 Å². The van der Waals surface area contributed by atoms with E-state index in [0.717, 1.165) is 17.9 Å². The molecule has 84 valence electrons. The molecule has 2 N–H and O–H groups in total. The summed E-state index contributed by atoms with van der Waals surface area (Å²) >= 11 is 0. The lowest BCUT2D eigenvalue weighted by atomic mass is 10.3. The Kier molecular flexibility index (Phi) is 3.38. The maximum Gasteiger partial charge on any atom is 0.224 e. The minimum atomic E-state index is 0.639. The van der Waals surface area contributed by atoms with Crippen molar-refractivity contribution in [2.75, 3.05) is 17.2 Å². The summed E-state index contributed by atoms with van der Waals surface area (Å²) in [6, 6.07) is 3.75. The van der Waals surface area contributed by atoms with Crippen molar-refractivity contribution < 1.29 is 4.42 Å². The summed E-state index contributed by atoms with van der Waals surface area (Å²) in [6.07, 6.45) is 5.09. The monoisotopic (exact) mass is 218 g/mol. The molecule has 2 aromatic rings. The average Bonchev–Trinajstić information content (AvgIpc) is 2.80. The third-order valence-electron chi connectivity index (χ3n) is 2.04. The Morgan fingerprint density at radius 3 is 3.00 bits per heavy atom. The van der Waals surface area contributed by atoms with Crippen LogP contribution in [0, 0.1) is 0 Å². The summed E-state index contributed by atoms with van der Waals surface area (Å²) in [5, 5.41) is 6.26. The lowest BCUT2D eigenvalue weighted by Crippen LogP contribution is -2.05. The van der Waals surface area contributed by atoms with Gasteiger partial charge in [0, 0.05) is 24.8 Å². The van der Waals surface area contributed by atoms with Crippen LogP contribution in [-0.4, -0.2) is 16.5 Å². The predicted molar refractivity (Wildman–Crippen MR) is 62.2 cm³/mol. The van der Waals surface area contributed by atoms with Crippen molar-refractivity contribution in [2.45, 2.75) is 13.5 Å². The zero-order valence-electron chi connectivity index (χ0n) is 9.10. The van der Waals surface area contributed by atoms with E-state index in [1.165, 1.54) is 0 Å². The topological polar surface area (TPSA) is 63.0 Å². The molecular formula is C11H14N4O. The standard InChI is InChI=1S/C11H14N4O/c1-2-12-11-13-5-3-10(15-11)14-7-9-4-6-16-8-9/h3-6,8H,2,7H2,1H3,(H2,12,13,14,15). The van der Waals surface area contributed by atoms with E-state index in [1.807, 2.05) is 19.1 Å². The quantitative estimate of drug-likeness (QED) is 0.804. The summed E-state index contributed by atoms with van der Waals surface area (Å²) < 4.78 is 4.98. The van der Waals surface area contributed by atoms with Gasteiger partial charge in [-0.3, -0.25) is 0 Å². The van der Waals surface area contributed by atoms with Crippen molar-refractivity contribution in [2.24, 2.45) is 0 Å². The maximum atomic E-state index is 4.98. The van der Waals surface area contributed by atoms with Crippen LogP contribution < -0.4 is 10.6 Å². The summed E-state index contributed by atoms with van der Waals surface area (Å²) in [7, 11) is 0. The van der Waals surface area contributed by atoms with Crippen molar-refractivity contribution in [3.05, 3.63) is 36.4 Å². The van der Waals surface area contributed by atoms with Gasteiger partial charge in [-0.2, -0.15) is 4.98 Å². The number of furan rings is 1. The van der Waals surface area contributed by atoms with E-state index in [-0.39, 0.29) is 0 Å². The first kappa shape index (κ1) is 10.5. The summed E-state index contributed by atoms with van der Waals surface area (Å²) in [6.45, 7) is 3.51. The highest BCUT2D eigenvalue weighted by Crippen LogP contribution is 2.08. The smallest absolute Gasteiger partial charge is 0.224 e. The Labute approximate surface area is 93.9 Å². The molecule has 2 rings (SSSR count). The number of hydrogen-bond acceptors (Lipinski definition) is 5. The summed E-state index contributed by atoms with van der Waals surface area (Å²) in [5.74, 6) is 1.44. The first-order valence-electron chi connectivity index (χ1n) is 5.20. The lowest BCUT2D eigenvalue weighted by Gasteiger charge is -2.05. The van der Waals surface area contributed by atoms with E-state index in [9.17, 15) is 0 Å². The molecule has 0 aliphatic heterocycles. The van der Waals surface area contributed by atoms with Crippen molar-refractivity contribution in [1.29, 1.82) is 0 Å². The van der Waals surface area contributed by atoms with Crippen LogP contribution in [-0.2, 0) is 6.54 Å². The lowest BCUT2D eigenvalue weighted by molar-refractivity contribution is 0.564. The Bertz CT molecular complexity index is 427. The number of aromatic nitrogens is 2. The number of nitrogens with zero attached hydrogens (tertiary/aromatic N) is 2. The highest BCUT2D eigenvalue weighted by atomic mass is 16.3. The Balaban J connectivity index is 1.96. The molecule has 0 unspecified atom stereocenters. The second-order valence-electron chi connectivity index (χ2n) is 3.28. The molecule has 0 fully saturated rings. The first-order valence-corrected chi connectivity index (χ1v) is 5.20. The third-order valence-corrected chi connectivity index (χ3v) is 2.04. The molecule has 0 aliphatic rings. The van der Waals surface area contributed by atoms with E-state index < -0.39 is 0 Å². The maximum absolute atomic E-state index is 4.98. The summed E-state index contributed by atoms with van der Waals surface area (Å²) in [4.78, 5) is 8.39. The Morgan fingerprint density at radius 2 is 2.25 bits per heavy atom. The number of hydrogen-bond donors (Lipinski definition) is 2. The van der Waals surface area contributed by atoms with E-state index in [2.05, 4.69) is 20.6 Å². The van der Waals surface area contributed by atoms with Gasteiger partial charge in [-0.15, -0.1) is 0 Å². The van der Waals surface area contributed by atoms with Gasteiger partial charge in [0.05, 0.1) is 12.5 Å². The highest BCUT2D eigenvalue weighted by Gasteiger charge is 1.98. The molecular weight excluding hydrogens is 204 g/mol. The molecule has 0 amide bonds. The second-order valence-corrected chi connectivity index (χ2v) is 3.28. The van der Waals surface area contributed by atoms with Crippen molar-refractivity contribution in [3.8, 4) is 0 Å². The molecule has 2 heterocycles. The van der Waals surface area contributed by atoms with Gasteiger partial charge in [0.15, 0.2) is 0 Å². The summed E-state index contributed by atoms with van der Waals surface area (Å²) in [5.41, 5.74) is 1.09. The minimum Gasteiger partial charge on any atom is -0.472 e. The van der Waals surface area contributed by atoms with Gasteiger partial charge < -0.3 is 15.1 Å². The largest absolute Gasteiger partial charge is 0.472 e. The van der Waals surface area contributed by atoms with Gasteiger partial charge in [-0.25, -0.2) is 4.98 Å². The second kappa shape index (κ2) is 5.16. The van der Waals surface area contributed by atoms with Gasteiger partial charge >= 0.3 is 0 Å². The highest BCUT2D eigenvalue weighted by molar-refractivity contribution is 5.39. The van der Waals surface area contributed by atoms with Gasteiger partial charge in [0.25, 0.3) is 0 Å². The molecule has 0 spiro atoms. The van der Waals surface area contributed by atoms with Gasteiger partial charge in [-0.05, 0) is 19.1 Å². The van der Waals surface area contributed by atoms with Crippen molar-refractivity contribution >= 4 is 11.8 Å². The molecule has 0 saturated heterocycles. The first-order chi connectivity index (χ1) is 7.88.